The summed E-state index contributed by atoms with van der Waals surface area (Å²) in [7, 11) is 0. The van der Waals surface area contributed by atoms with Crippen LogP contribution in [0, 0.1) is 5.82 Å². The summed E-state index contributed by atoms with van der Waals surface area (Å²) >= 11 is 1.42. The molecule has 7 nitrogen and oxygen atoms in total. The van der Waals surface area contributed by atoms with Crippen LogP contribution in [0.1, 0.15) is 57.4 Å². The molecule has 0 bridgehead atoms. The maximum atomic E-state index is 14.2. The molecule has 3 aromatic rings. The van der Waals surface area contributed by atoms with Gasteiger partial charge >= 0.3 is 6.18 Å². The van der Waals surface area contributed by atoms with E-state index >= 15 is 0 Å². The molecule has 2 aromatic carbocycles. The van der Waals surface area contributed by atoms with E-state index < -0.39 is 64.9 Å². The highest BCUT2D eigenvalue weighted by atomic mass is 32.2. The zero-order valence-electron chi connectivity index (χ0n) is 20.1. The van der Waals surface area contributed by atoms with Crippen LogP contribution in [0.3, 0.4) is 0 Å². The van der Waals surface area contributed by atoms with Gasteiger partial charge in [-0.3, -0.25) is 24.1 Å². The van der Waals surface area contributed by atoms with E-state index in [0.29, 0.717) is 27.3 Å². The Bertz CT molecular complexity index is 1540. The van der Waals surface area contributed by atoms with Crippen LogP contribution in [-0.2, 0) is 5.75 Å². The minimum Gasteiger partial charge on any atom is -0.502 e. The normalized spacial score (nSPS) is 17.8. The quantitative estimate of drug-likeness (QED) is 0.382. The Balaban J connectivity index is 1.83. The van der Waals surface area contributed by atoms with Gasteiger partial charge in [-0.1, -0.05) is 24.3 Å². The first-order chi connectivity index (χ1) is 17.9. The number of rotatable bonds is 3. The molecule has 0 aliphatic carbocycles. The molecule has 0 radical (unpaired) electrons. The summed E-state index contributed by atoms with van der Waals surface area (Å²) < 4.78 is 56.9. The number of pyridine rings is 1. The molecule has 0 unspecified atom stereocenters. The standard InChI is InChI=1S/C26H21F4N3O4S/c1-13(34)19-10-32-22(24(36)23(19)35)25(37)31(14(2)26(28,29)30)12-33(32)21-17-8-7-16(27)9-15(17)11-38-20-6-4-3-5-18(20)21/h3-10,14,21,36H,11-12H2,1-2H3/t14-,21+/m1/s1. The van der Waals surface area contributed by atoms with Crippen LogP contribution in [0.5, 0.6) is 5.75 Å². The van der Waals surface area contributed by atoms with E-state index in [1.807, 2.05) is 6.07 Å². The van der Waals surface area contributed by atoms with Crippen LogP contribution < -0.4 is 10.4 Å². The van der Waals surface area contributed by atoms with Gasteiger partial charge in [0.2, 0.25) is 5.43 Å². The van der Waals surface area contributed by atoms with Gasteiger partial charge in [0.1, 0.15) is 18.5 Å². The van der Waals surface area contributed by atoms with Crippen molar-refractivity contribution < 1.29 is 32.3 Å². The summed E-state index contributed by atoms with van der Waals surface area (Å²) in [4.78, 5) is 39.6. The molecule has 198 valence electrons. The Morgan fingerprint density at radius 2 is 1.84 bits per heavy atom. The number of ketones is 1. The van der Waals surface area contributed by atoms with E-state index in [4.69, 9.17) is 0 Å². The Morgan fingerprint density at radius 1 is 1.13 bits per heavy atom. The molecule has 1 amide bonds. The van der Waals surface area contributed by atoms with Crippen LogP contribution in [0.25, 0.3) is 0 Å². The van der Waals surface area contributed by atoms with Gasteiger partial charge in [0.15, 0.2) is 17.2 Å². The second-order valence-electron chi connectivity index (χ2n) is 9.12. The summed E-state index contributed by atoms with van der Waals surface area (Å²) in [6.07, 6.45) is -3.74. The number of hydrogen-bond acceptors (Lipinski definition) is 6. The topological polar surface area (TPSA) is 82.8 Å². The third kappa shape index (κ3) is 4.12. The SMILES string of the molecule is CC(=O)c1cn2c(c(O)c1=O)C(=O)N([C@H](C)C(F)(F)F)CN2[C@H]1c2ccc(F)cc2CSc2ccccc21. The molecule has 2 atom stereocenters. The molecule has 2 aliphatic heterocycles. The molecule has 3 heterocycles. The van der Waals surface area contributed by atoms with Crippen molar-refractivity contribution >= 4 is 23.5 Å². The monoisotopic (exact) mass is 547 g/mol. The van der Waals surface area contributed by atoms with Gasteiger partial charge in [0.05, 0.1) is 11.6 Å². The van der Waals surface area contributed by atoms with Crippen molar-refractivity contribution in [2.45, 2.75) is 42.8 Å². The molecule has 0 saturated heterocycles. The number of carbonyl (C=O) groups is 2. The lowest BCUT2D eigenvalue weighted by Gasteiger charge is -2.46. The van der Waals surface area contributed by atoms with E-state index in [1.54, 1.807) is 18.2 Å². The summed E-state index contributed by atoms with van der Waals surface area (Å²) in [6, 6.07) is 8.11. The number of Topliss-reactive ketones (excluding diaryl/α,β-unsaturated/α-hetero) is 1. The summed E-state index contributed by atoms with van der Waals surface area (Å²) in [5, 5.41) is 12.1. The zero-order chi connectivity index (χ0) is 27.5. The lowest BCUT2D eigenvalue weighted by atomic mass is 9.94. The zero-order valence-corrected chi connectivity index (χ0v) is 20.9. The number of halogens is 4. The molecule has 38 heavy (non-hydrogen) atoms. The Kier molecular flexibility index (Phi) is 6.25. The van der Waals surface area contributed by atoms with E-state index in [2.05, 4.69) is 0 Å². The third-order valence-electron chi connectivity index (χ3n) is 6.82. The summed E-state index contributed by atoms with van der Waals surface area (Å²) in [5.74, 6) is -3.15. The van der Waals surface area contributed by atoms with Crippen LogP contribution in [0.4, 0.5) is 17.6 Å². The largest absolute Gasteiger partial charge is 0.502 e. The van der Waals surface area contributed by atoms with E-state index in [-0.39, 0.29) is 0 Å². The summed E-state index contributed by atoms with van der Waals surface area (Å²) in [6.45, 7) is 1.31. The molecular weight excluding hydrogens is 526 g/mol. The summed E-state index contributed by atoms with van der Waals surface area (Å²) in [5.41, 5.74) is -0.478. The number of fused-ring (bicyclic) bond motifs is 3. The van der Waals surface area contributed by atoms with Gasteiger partial charge in [-0.05, 0) is 48.7 Å². The van der Waals surface area contributed by atoms with Crippen molar-refractivity contribution in [3.63, 3.8) is 0 Å². The number of alkyl halides is 3. The van der Waals surface area contributed by atoms with Gasteiger partial charge < -0.3 is 10.0 Å². The van der Waals surface area contributed by atoms with Crippen LogP contribution >= 0.6 is 11.8 Å². The van der Waals surface area contributed by atoms with E-state index in [0.717, 1.165) is 29.6 Å². The first-order valence-corrected chi connectivity index (χ1v) is 12.5. The molecule has 12 heteroatoms. The second-order valence-corrected chi connectivity index (χ2v) is 10.1. The lowest BCUT2D eigenvalue weighted by Crippen LogP contribution is -2.60. The Hall–Kier alpha value is -3.80. The minimum absolute atomic E-state index is 0.372. The number of benzene rings is 2. The molecule has 5 rings (SSSR count). The first-order valence-electron chi connectivity index (χ1n) is 11.5. The van der Waals surface area contributed by atoms with Crippen LogP contribution in [0.2, 0.25) is 0 Å². The Labute approximate surface area is 218 Å². The number of aromatic nitrogens is 1. The predicted octanol–water partition coefficient (Wildman–Crippen LogP) is 4.59. The Morgan fingerprint density at radius 3 is 2.53 bits per heavy atom. The van der Waals surface area contributed by atoms with E-state index in [1.165, 1.54) is 35.0 Å². The fourth-order valence-electron chi connectivity index (χ4n) is 4.80. The third-order valence-corrected chi connectivity index (χ3v) is 7.96. The molecular formula is C26H21F4N3O4S. The predicted molar refractivity (Wildman–Crippen MR) is 131 cm³/mol. The first kappa shape index (κ1) is 25.8. The minimum atomic E-state index is -4.81. The smallest absolute Gasteiger partial charge is 0.408 e. The number of aromatic hydroxyl groups is 1. The molecule has 0 spiro atoms. The van der Waals surface area contributed by atoms with Gasteiger partial charge in [0.25, 0.3) is 5.91 Å². The van der Waals surface area contributed by atoms with Gasteiger partial charge in [-0.2, -0.15) is 13.2 Å². The highest BCUT2D eigenvalue weighted by molar-refractivity contribution is 7.98. The van der Waals surface area contributed by atoms with E-state index in [9.17, 15) is 37.1 Å². The maximum absolute atomic E-state index is 14.2. The number of thioether (sulfide) groups is 1. The van der Waals surface area contributed by atoms with Crippen LogP contribution in [-0.4, -0.2) is 45.3 Å². The van der Waals surface area contributed by atoms with Crippen molar-refractivity contribution in [2.75, 3.05) is 11.7 Å². The average molecular weight is 548 g/mol. The molecule has 0 fully saturated rings. The van der Waals surface area contributed by atoms with Gasteiger partial charge in [-0.25, -0.2) is 4.39 Å². The highest BCUT2D eigenvalue weighted by Gasteiger charge is 2.48. The highest BCUT2D eigenvalue weighted by Crippen LogP contribution is 2.43. The lowest BCUT2D eigenvalue weighted by molar-refractivity contribution is -0.173. The molecule has 0 saturated carbocycles. The van der Waals surface area contributed by atoms with Gasteiger partial charge in [-0.15, -0.1) is 11.8 Å². The number of hydrogen-bond donors (Lipinski definition) is 1. The number of amides is 1. The van der Waals surface area contributed by atoms with Crippen molar-refractivity contribution in [3.05, 3.63) is 92.6 Å². The average Bonchev–Trinajstić information content (AvgIpc) is 3.01. The molecule has 1 N–H and O–H groups in total. The number of nitrogens with zero attached hydrogens (tertiary/aromatic N) is 3. The van der Waals surface area contributed by atoms with Crippen molar-refractivity contribution in [2.24, 2.45) is 0 Å². The van der Waals surface area contributed by atoms with Crippen LogP contribution in [0.15, 0.2) is 58.4 Å². The van der Waals surface area contributed by atoms with Crippen molar-refractivity contribution in [1.29, 1.82) is 0 Å². The van der Waals surface area contributed by atoms with Gasteiger partial charge in [0, 0.05) is 16.8 Å². The second kappa shape index (κ2) is 9.19. The maximum Gasteiger partial charge on any atom is 0.408 e. The molecule has 2 aliphatic rings. The van der Waals surface area contributed by atoms with Crippen molar-refractivity contribution in [3.8, 4) is 5.75 Å². The number of carbonyl (C=O) groups excluding carboxylic acids is 2. The van der Waals surface area contributed by atoms with Crippen molar-refractivity contribution in [1.82, 2.24) is 9.58 Å². The molecule has 1 aromatic heterocycles. The fraction of sp³-hybridized carbons (Fsp3) is 0.269. The fourth-order valence-corrected chi connectivity index (χ4v) is 5.88.